The van der Waals surface area contributed by atoms with Crippen molar-refractivity contribution >= 4 is 22.4 Å². The average molecular weight is 417 g/mol. The molecule has 0 saturated heterocycles. The van der Waals surface area contributed by atoms with Crippen LogP contribution in [0.2, 0.25) is 0 Å². The summed E-state index contributed by atoms with van der Waals surface area (Å²) in [6, 6.07) is 6.19. The van der Waals surface area contributed by atoms with Gasteiger partial charge in [-0.15, -0.1) is 11.3 Å². The van der Waals surface area contributed by atoms with Gasteiger partial charge in [0.05, 0.1) is 41.3 Å². The summed E-state index contributed by atoms with van der Waals surface area (Å²) in [6.07, 6.45) is -0.550. The van der Waals surface area contributed by atoms with E-state index in [1.165, 1.54) is 11.3 Å². The normalized spacial score (nSPS) is 12.6. The molecule has 7 nitrogen and oxygen atoms in total. The number of hydrogen-bond donors (Lipinski definition) is 2. The number of aryl methyl sites for hydroxylation is 1. The third kappa shape index (κ3) is 3.86. The van der Waals surface area contributed by atoms with Crippen molar-refractivity contribution in [1.29, 1.82) is 0 Å². The van der Waals surface area contributed by atoms with Crippen molar-refractivity contribution in [1.82, 2.24) is 25.4 Å². The molecule has 2 N–H and O–H groups in total. The molecule has 10 heteroatoms. The number of halogens is 2. The first-order valence-electron chi connectivity index (χ1n) is 8.82. The Morgan fingerprint density at radius 1 is 1.17 bits per heavy atom. The molecule has 3 heterocycles. The van der Waals surface area contributed by atoms with E-state index in [0.29, 0.717) is 5.69 Å². The van der Waals surface area contributed by atoms with Gasteiger partial charge >= 0.3 is 0 Å². The highest BCUT2D eigenvalue weighted by Crippen LogP contribution is 2.33. The van der Waals surface area contributed by atoms with Gasteiger partial charge in [0, 0.05) is 5.56 Å². The molecule has 0 aliphatic carbocycles. The minimum atomic E-state index is -0.687. The first-order chi connectivity index (χ1) is 13.9. The molecule has 4 rings (SSSR count). The SMILES string of the molecule is Cc1nc(COCC(C)O)sc1-c1cccc(-c2cc(F)c3n[nH]nc3c2F)n1. The van der Waals surface area contributed by atoms with E-state index >= 15 is 0 Å². The lowest BCUT2D eigenvalue weighted by Crippen LogP contribution is -2.09. The topological polar surface area (TPSA) is 96.8 Å². The second-order valence-electron chi connectivity index (χ2n) is 6.54. The molecule has 0 aliphatic heterocycles. The summed E-state index contributed by atoms with van der Waals surface area (Å²) in [5.74, 6) is -1.36. The molecule has 0 fully saturated rings. The Labute approximate surface area is 168 Å². The number of hydrogen-bond acceptors (Lipinski definition) is 7. The molecule has 29 heavy (non-hydrogen) atoms. The summed E-state index contributed by atoms with van der Waals surface area (Å²) in [5.41, 5.74) is 1.33. The summed E-state index contributed by atoms with van der Waals surface area (Å²) in [6.45, 7) is 3.99. The van der Waals surface area contributed by atoms with E-state index in [0.717, 1.165) is 21.6 Å². The molecular formula is C19H17F2N5O2S. The summed E-state index contributed by atoms with van der Waals surface area (Å²) in [5, 5.41) is 19.6. The van der Waals surface area contributed by atoms with Crippen LogP contribution in [0, 0.1) is 18.6 Å². The number of aliphatic hydroxyl groups excluding tert-OH is 1. The largest absolute Gasteiger partial charge is 0.391 e. The molecular weight excluding hydrogens is 400 g/mol. The van der Waals surface area contributed by atoms with E-state index in [9.17, 15) is 13.9 Å². The van der Waals surface area contributed by atoms with Crippen LogP contribution in [0.15, 0.2) is 24.3 Å². The third-order valence-corrected chi connectivity index (χ3v) is 5.33. The molecule has 0 bridgehead atoms. The van der Waals surface area contributed by atoms with Crippen molar-refractivity contribution in [2.45, 2.75) is 26.6 Å². The summed E-state index contributed by atoms with van der Waals surface area (Å²) >= 11 is 1.40. The molecule has 4 aromatic rings. The predicted molar refractivity (Wildman–Crippen MR) is 104 cm³/mol. The number of aromatic amines is 1. The van der Waals surface area contributed by atoms with Crippen molar-refractivity contribution in [3.8, 4) is 21.8 Å². The van der Waals surface area contributed by atoms with Crippen molar-refractivity contribution in [2.24, 2.45) is 0 Å². The highest BCUT2D eigenvalue weighted by atomic mass is 32.1. The molecule has 1 atom stereocenters. The Balaban J connectivity index is 1.68. The van der Waals surface area contributed by atoms with Gasteiger partial charge in [0.15, 0.2) is 22.7 Å². The van der Waals surface area contributed by atoms with Crippen LogP contribution in [0.1, 0.15) is 17.6 Å². The van der Waals surface area contributed by atoms with Crippen LogP contribution >= 0.6 is 11.3 Å². The van der Waals surface area contributed by atoms with Gasteiger partial charge in [-0.25, -0.2) is 18.7 Å². The lowest BCUT2D eigenvalue weighted by Gasteiger charge is -2.06. The van der Waals surface area contributed by atoms with E-state index in [1.54, 1.807) is 25.1 Å². The van der Waals surface area contributed by atoms with Gasteiger partial charge in [0.2, 0.25) is 0 Å². The highest BCUT2D eigenvalue weighted by Gasteiger charge is 2.19. The van der Waals surface area contributed by atoms with E-state index in [1.807, 2.05) is 6.92 Å². The van der Waals surface area contributed by atoms with Gasteiger partial charge in [0.25, 0.3) is 0 Å². The van der Waals surface area contributed by atoms with Crippen LogP contribution in [0.5, 0.6) is 0 Å². The fourth-order valence-corrected chi connectivity index (χ4v) is 3.87. The van der Waals surface area contributed by atoms with Crippen LogP contribution < -0.4 is 0 Å². The maximum absolute atomic E-state index is 14.8. The minimum absolute atomic E-state index is 0.00779. The number of thiazole rings is 1. The summed E-state index contributed by atoms with van der Waals surface area (Å²) in [7, 11) is 0. The van der Waals surface area contributed by atoms with E-state index < -0.39 is 17.7 Å². The minimum Gasteiger partial charge on any atom is -0.391 e. The summed E-state index contributed by atoms with van der Waals surface area (Å²) in [4.78, 5) is 9.79. The van der Waals surface area contributed by atoms with Gasteiger partial charge in [-0.05, 0) is 32.0 Å². The zero-order valence-corrected chi connectivity index (χ0v) is 16.4. The lowest BCUT2D eigenvalue weighted by molar-refractivity contribution is 0.0375. The van der Waals surface area contributed by atoms with E-state index in [-0.39, 0.29) is 35.5 Å². The first-order valence-corrected chi connectivity index (χ1v) is 9.64. The number of rotatable bonds is 6. The Kier molecular flexibility index (Phi) is 5.31. The standard InChI is InChI=1S/C19H17F2N5O2S/c1-9(27)7-28-8-15-22-10(2)19(29-15)14-5-3-4-13(23-14)11-6-12(20)17-18(16(11)21)25-26-24-17/h3-6,9,27H,7-8H2,1-2H3,(H,24,25,26). The molecule has 1 aromatic carbocycles. The third-order valence-electron chi connectivity index (χ3n) is 4.17. The Hall–Kier alpha value is -2.82. The van der Waals surface area contributed by atoms with Gasteiger partial charge in [-0.2, -0.15) is 15.4 Å². The zero-order valence-electron chi connectivity index (χ0n) is 15.6. The first kappa shape index (κ1) is 19.5. The highest BCUT2D eigenvalue weighted by molar-refractivity contribution is 7.15. The molecule has 0 amide bonds. The second-order valence-corrected chi connectivity index (χ2v) is 7.62. The van der Waals surface area contributed by atoms with Crippen LogP contribution in [0.3, 0.4) is 0 Å². The van der Waals surface area contributed by atoms with Crippen molar-refractivity contribution in [3.05, 3.63) is 46.6 Å². The molecule has 0 saturated carbocycles. The number of benzene rings is 1. The van der Waals surface area contributed by atoms with Gasteiger partial charge in [0.1, 0.15) is 5.01 Å². The predicted octanol–water partition coefficient (Wildman–Crippen LogP) is 3.63. The van der Waals surface area contributed by atoms with Crippen molar-refractivity contribution in [3.63, 3.8) is 0 Å². The van der Waals surface area contributed by atoms with Gasteiger partial charge in [-0.3, -0.25) is 0 Å². The maximum Gasteiger partial charge on any atom is 0.162 e. The van der Waals surface area contributed by atoms with Crippen LogP contribution in [0.25, 0.3) is 32.9 Å². The van der Waals surface area contributed by atoms with Crippen molar-refractivity contribution < 1.29 is 18.6 Å². The summed E-state index contributed by atoms with van der Waals surface area (Å²) < 4.78 is 34.5. The van der Waals surface area contributed by atoms with E-state index in [4.69, 9.17) is 4.74 Å². The molecule has 0 aliphatic rings. The Bertz CT molecular complexity index is 1170. The van der Waals surface area contributed by atoms with Crippen LogP contribution in [-0.2, 0) is 11.3 Å². The number of nitrogens with one attached hydrogen (secondary N) is 1. The second kappa shape index (κ2) is 7.90. The fourth-order valence-electron chi connectivity index (χ4n) is 2.90. The number of fused-ring (bicyclic) bond motifs is 1. The molecule has 1 unspecified atom stereocenters. The maximum atomic E-state index is 14.8. The number of H-pyrrole nitrogens is 1. The van der Waals surface area contributed by atoms with Gasteiger partial charge < -0.3 is 9.84 Å². The number of pyridine rings is 1. The Morgan fingerprint density at radius 3 is 2.72 bits per heavy atom. The smallest absolute Gasteiger partial charge is 0.162 e. The monoisotopic (exact) mass is 417 g/mol. The molecule has 0 radical (unpaired) electrons. The number of nitrogens with zero attached hydrogens (tertiary/aromatic N) is 4. The van der Waals surface area contributed by atoms with Crippen LogP contribution in [0.4, 0.5) is 8.78 Å². The van der Waals surface area contributed by atoms with E-state index in [2.05, 4.69) is 25.4 Å². The average Bonchev–Trinajstić information content (AvgIpc) is 3.32. The molecule has 3 aromatic heterocycles. The van der Waals surface area contributed by atoms with Crippen molar-refractivity contribution in [2.75, 3.05) is 6.61 Å². The quantitative estimate of drug-likeness (QED) is 0.497. The van der Waals surface area contributed by atoms with Gasteiger partial charge in [-0.1, -0.05) is 6.07 Å². The van der Waals surface area contributed by atoms with Crippen LogP contribution in [-0.4, -0.2) is 43.2 Å². The number of aromatic nitrogens is 5. The molecule has 0 spiro atoms. The number of ether oxygens (including phenoxy) is 1. The fraction of sp³-hybridized carbons (Fsp3) is 0.263. The lowest BCUT2D eigenvalue weighted by atomic mass is 10.1. The molecule has 150 valence electrons. The Morgan fingerprint density at radius 2 is 1.93 bits per heavy atom. The zero-order chi connectivity index (χ0) is 20.5. The number of aliphatic hydroxyl groups is 1.